The maximum Gasteiger partial charge on any atom is 0.321 e. The summed E-state index contributed by atoms with van der Waals surface area (Å²) >= 11 is 0. The molecule has 0 spiro atoms. The lowest BCUT2D eigenvalue weighted by molar-refractivity contribution is 0.597. The quantitative estimate of drug-likeness (QED) is 0.362. The van der Waals surface area contributed by atoms with E-state index < -0.39 is 20.2 Å². The number of hydrogen-bond acceptors (Lipinski definition) is 5. The van der Waals surface area contributed by atoms with Gasteiger partial charge in [-0.25, -0.2) is 13.6 Å². The maximum atomic E-state index is 12.4. The van der Waals surface area contributed by atoms with Crippen LogP contribution in [0.5, 0.6) is 0 Å². The zero-order chi connectivity index (χ0) is 21.4. The smallest absolute Gasteiger partial charge is 0.277 e. The van der Waals surface area contributed by atoms with Gasteiger partial charge in [-0.2, -0.15) is 13.5 Å². The Bertz CT molecular complexity index is 1430. The molecule has 0 unspecified atom stereocenters. The molecule has 30 heavy (non-hydrogen) atoms. The Hall–Kier alpha value is -3.41. The van der Waals surface area contributed by atoms with Crippen LogP contribution < -0.4 is 14.6 Å². The molecule has 0 amide bonds. The van der Waals surface area contributed by atoms with Crippen LogP contribution in [0.1, 0.15) is 0 Å². The summed E-state index contributed by atoms with van der Waals surface area (Å²) in [6.45, 7) is 0. The largest absolute Gasteiger partial charge is 0.321 e. The highest BCUT2D eigenvalue weighted by atomic mass is 32.2. The molecule has 0 aliphatic heterocycles. The molecule has 9 nitrogen and oxygen atoms in total. The van der Waals surface area contributed by atoms with Crippen LogP contribution >= 0.6 is 0 Å². The highest BCUT2D eigenvalue weighted by Gasteiger charge is 2.15. The minimum atomic E-state index is -3.87. The molecule has 5 N–H and O–H groups in total. The minimum absolute atomic E-state index is 0.0416. The van der Waals surface area contributed by atoms with Crippen LogP contribution in [0, 0.1) is 0 Å². The summed E-state index contributed by atoms with van der Waals surface area (Å²) in [5.74, 6) is 0. The van der Waals surface area contributed by atoms with Crippen LogP contribution in [-0.4, -0.2) is 27.0 Å². The van der Waals surface area contributed by atoms with E-state index in [2.05, 4.69) is 19.6 Å². The number of aromatic amines is 1. The second-order valence-electron chi connectivity index (χ2n) is 6.48. The summed E-state index contributed by atoms with van der Waals surface area (Å²) in [7, 11) is -7.74. The number of para-hydroxylation sites is 1. The number of nitrogens with one attached hydrogen (secondary N) is 3. The van der Waals surface area contributed by atoms with Crippen molar-refractivity contribution in [3.63, 3.8) is 0 Å². The van der Waals surface area contributed by atoms with Crippen molar-refractivity contribution in [1.29, 1.82) is 0 Å². The van der Waals surface area contributed by atoms with E-state index in [9.17, 15) is 16.8 Å². The zero-order valence-electron chi connectivity index (χ0n) is 15.4. The van der Waals surface area contributed by atoms with Gasteiger partial charge in [0.05, 0.1) is 21.8 Å². The van der Waals surface area contributed by atoms with E-state index in [1.165, 1.54) is 12.1 Å². The molecule has 0 fully saturated rings. The van der Waals surface area contributed by atoms with Gasteiger partial charge in [0.2, 0.25) is 10.0 Å². The standard InChI is InChI=1S/C19H17N5O4S2/c20-29(25,26)16-8-4-5-13(11-16)19-17-12-15(9-10-18(17)21-22-19)24-30(27,28)23-14-6-2-1-3-7-14/h1-12,23-24H,(H,21,22)(H2,20,25,26). The molecule has 1 aromatic heterocycles. The lowest BCUT2D eigenvalue weighted by atomic mass is 10.1. The molecular weight excluding hydrogens is 426 g/mol. The molecule has 4 rings (SSSR count). The maximum absolute atomic E-state index is 12.4. The minimum Gasteiger partial charge on any atom is -0.277 e. The van der Waals surface area contributed by atoms with E-state index >= 15 is 0 Å². The van der Waals surface area contributed by atoms with Crippen LogP contribution in [-0.2, 0) is 20.2 Å². The van der Waals surface area contributed by atoms with Crippen molar-refractivity contribution >= 4 is 42.5 Å². The number of hydrogen-bond donors (Lipinski definition) is 4. The summed E-state index contributed by atoms with van der Waals surface area (Å²) in [6, 6.07) is 19.4. The fourth-order valence-electron chi connectivity index (χ4n) is 2.96. The molecule has 0 saturated carbocycles. The van der Waals surface area contributed by atoms with E-state index in [1.54, 1.807) is 60.7 Å². The van der Waals surface area contributed by atoms with E-state index in [1.807, 2.05) is 0 Å². The van der Waals surface area contributed by atoms with Crippen LogP contribution in [0.15, 0.2) is 77.7 Å². The number of aromatic nitrogens is 2. The molecule has 0 atom stereocenters. The van der Waals surface area contributed by atoms with Gasteiger partial charge in [0, 0.05) is 10.9 Å². The summed E-state index contributed by atoms with van der Waals surface area (Å²) in [5.41, 5.74) is 2.39. The van der Waals surface area contributed by atoms with Crippen LogP contribution in [0.2, 0.25) is 0 Å². The van der Waals surface area contributed by atoms with Gasteiger partial charge in [0.25, 0.3) is 0 Å². The van der Waals surface area contributed by atoms with Gasteiger partial charge in [0.1, 0.15) is 5.69 Å². The van der Waals surface area contributed by atoms with E-state index in [0.717, 1.165) is 0 Å². The molecule has 0 aliphatic rings. The third-order valence-corrected chi connectivity index (χ3v) is 6.20. The van der Waals surface area contributed by atoms with E-state index in [-0.39, 0.29) is 4.90 Å². The predicted octanol–water partition coefficient (Wildman–Crippen LogP) is 2.65. The van der Waals surface area contributed by atoms with Crippen molar-refractivity contribution in [1.82, 2.24) is 10.2 Å². The Morgan fingerprint density at radius 2 is 1.53 bits per heavy atom. The Kier molecular flexibility index (Phi) is 4.94. The van der Waals surface area contributed by atoms with Gasteiger partial charge < -0.3 is 0 Å². The van der Waals surface area contributed by atoms with Gasteiger partial charge in [0.15, 0.2) is 0 Å². The molecule has 4 aromatic rings. The van der Waals surface area contributed by atoms with Crippen molar-refractivity contribution in [2.75, 3.05) is 9.44 Å². The third kappa shape index (κ3) is 4.27. The first-order chi connectivity index (χ1) is 14.2. The molecule has 0 aliphatic carbocycles. The van der Waals surface area contributed by atoms with Gasteiger partial charge >= 0.3 is 10.2 Å². The van der Waals surface area contributed by atoms with Gasteiger partial charge in [-0.3, -0.25) is 14.5 Å². The Balaban J connectivity index is 1.69. The second-order valence-corrected chi connectivity index (χ2v) is 9.46. The number of benzene rings is 3. The molecule has 0 radical (unpaired) electrons. The van der Waals surface area contributed by atoms with Crippen molar-refractivity contribution in [3.8, 4) is 11.3 Å². The second kappa shape index (κ2) is 7.44. The van der Waals surface area contributed by atoms with Gasteiger partial charge in [-0.05, 0) is 42.5 Å². The number of H-pyrrole nitrogens is 1. The first kappa shape index (κ1) is 19.9. The Morgan fingerprint density at radius 3 is 2.27 bits per heavy atom. The SMILES string of the molecule is NS(=O)(=O)c1cccc(-c2n[nH]c3ccc(NS(=O)(=O)Nc4ccccc4)cc23)c1. The summed E-state index contributed by atoms with van der Waals surface area (Å²) in [6.07, 6.45) is 0. The molecule has 11 heteroatoms. The highest BCUT2D eigenvalue weighted by molar-refractivity contribution is 7.94. The number of nitrogens with two attached hydrogens (primary N) is 1. The van der Waals surface area contributed by atoms with Gasteiger partial charge in [-0.15, -0.1) is 0 Å². The number of sulfonamides is 1. The predicted molar refractivity (Wildman–Crippen MR) is 116 cm³/mol. The number of anilines is 2. The summed E-state index contributed by atoms with van der Waals surface area (Å²) in [5, 5.41) is 12.9. The molecule has 0 saturated heterocycles. The van der Waals surface area contributed by atoms with Crippen molar-refractivity contribution in [2.24, 2.45) is 5.14 Å². The first-order valence-corrected chi connectivity index (χ1v) is 11.7. The number of nitrogens with zero attached hydrogens (tertiary/aromatic N) is 1. The number of primary sulfonamides is 1. The van der Waals surface area contributed by atoms with Crippen LogP contribution in [0.3, 0.4) is 0 Å². The monoisotopic (exact) mass is 443 g/mol. The van der Waals surface area contributed by atoms with Gasteiger partial charge in [-0.1, -0.05) is 30.3 Å². The fraction of sp³-hybridized carbons (Fsp3) is 0. The number of fused-ring (bicyclic) bond motifs is 1. The van der Waals surface area contributed by atoms with Crippen LogP contribution in [0.4, 0.5) is 11.4 Å². The lowest BCUT2D eigenvalue weighted by Gasteiger charge is -2.10. The number of rotatable bonds is 6. The molecule has 3 aromatic carbocycles. The van der Waals surface area contributed by atoms with Crippen molar-refractivity contribution in [2.45, 2.75) is 4.90 Å². The third-order valence-electron chi connectivity index (χ3n) is 4.28. The van der Waals surface area contributed by atoms with Crippen LogP contribution in [0.25, 0.3) is 22.2 Å². The first-order valence-electron chi connectivity index (χ1n) is 8.68. The highest BCUT2D eigenvalue weighted by Crippen LogP contribution is 2.30. The summed E-state index contributed by atoms with van der Waals surface area (Å²) in [4.78, 5) is -0.0416. The molecular formula is C19H17N5O4S2. The lowest BCUT2D eigenvalue weighted by Crippen LogP contribution is -2.21. The van der Waals surface area contributed by atoms with Crippen molar-refractivity contribution < 1.29 is 16.8 Å². The Morgan fingerprint density at radius 1 is 0.800 bits per heavy atom. The topological polar surface area (TPSA) is 147 Å². The average molecular weight is 444 g/mol. The summed E-state index contributed by atoms with van der Waals surface area (Å²) < 4.78 is 53.0. The molecule has 1 heterocycles. The zero-order valence-corrected chi connectivity index (χ0v) is 17.0. The average Bonchev–Trinajstić information content (AvgIpc) is 3.11. The van der Waals surface area contributed by atoms with E-state index in [0.29, 0.717) is 33.5 Å². The molecule has 154 valence electrons. The Labute approximate surface area is 173 Å². The van der Waals surface area contributed by atoms with E-state index in [4.69, 9.17) is 5.14 Å². The molecule has 0 bridgehead atoms. The fourth-order valence-corrected chi connectivity index (χ4v) is 4.45. The normalized spacial score (nSPS) is 12.0. The van der Waals surface area contributed by atoms with Crippen molar-refractivity contribution in [3.05, 3.63) is 72.8 Å².